The Bertz CT molecular complexity index is 769. The molecular weight excluding hydrogens is 354 g/mol. The van der Waals surface area contributed by atoms with Gasteiger partial charge in [-0.05, 0) is 37.8 Å². The molecule has 0 saturated heterocycles. The first-order valence-corrected chi connectivity index (χ1v) is 10.3. The Hall–Kier alpha value is -2.34. The summed E-state index contributed by atoms with van der Waals surface area (Å²) in [6.07, 6.45) is 6.28. The molecule has 1 aromatic carbocycles. The number of hydroxylamine groups is 1. The Morgan fingerprint density at radius 2 is 1.79 bits per heavy atom. The number of aromatic amines is 1. The van der Waals surface area contributed by atoms with Crippen LogP contribution in [0, 0.1) is 6.92 Å². The molecule has 0 fully saturated rings. The van der Waals surface area contributed by atoms with Crippen LogP contribution in [0.5, 0.6) is 0 Å². The first kappa shape index (κ1) is 22.0. The molecule has 3 N–H and O–H groups in total. The van der Waals surface area contributed by atoms with Crippen molar-refractivity contribution in [1.29, 1.82) is 0 Å². The van der Waals surface area contributed by atoms with Crippen LogP contribution in [0.1, 0.15) is 69.5 Å². The predicted molar refractivity (Wildman–Crippen MR) is 111 cm³/mol. The van der Waals surface area contributed by atoms with Crippen LogP contribution in [0.15, 0.2) is 24.3 Å². The van der Waals surface area contributed by atoms with Crippen LogP contribution in [0.3, 0.4) is 0 Å². The van der Waals surface area contributed by atoms with E-state index in [4.69, 9.17) is 5.21 Å². The number of rotatable bonds is 12. The minimum atomic E-state index is -0.351. The molecule has 6 heteroatoms. The molecule has 0 atom stereocenters. The largest absolute Gasteiger partial charge is 0.357 e. The molecule has 1 aromatic heterocycles. The van der Waals surface area contributed by atoms with E-state index >= 15 is 0 Å². The van der Waals surface area contributed by atoms with Crippen molar-refractivity contribution in [2.45, 2.75) is 71.8 Å². The molecule has 2 rings (SSSR count). The summed E-state index contributed by atoms with van der Waals surface area (Å²) in [4.78, 5) is 29.2. The molecule has 28 heavy (non-hydrogen) atoms. The summed E-state index contributed by atoms with van der Waals surface area (Å²) in [5, 5.41) is 9.69. The standard InChI is InChI=1S/C22H33N3O3/c1-3-4-15-25(22(27)14-8-6-5-7-13-21(26)24-28)16-20-17(2)18-11-9-10-12-19(18)23-20/h9-12,23,28H,3-8,13-16H2,1-2H3,(H,24,26). The normalized spacial score (nSPS) is 11.0. The number of unbranched alkanes of at least 4 members (excludes halogenated alkanes) is 4. The van der Waals surface area contributed by atoms with Crippen LogP contribution in [0.4, 0.5) is 0 Å². The minimum Gasteiger partial charge on any atom is -0.357 e. The molecule has 0 spiro atoms. The van der Waals surface area contributed by atoms with Gasteiger partial charge in [-0.2, -0.15) is 0 Å². The molecule has 154 valence electrons. The molecule has 6 nitrogen and oxygen atoms in total. The molecule has 2 amide bonds. The Balaban J connectivity index is 1.88. The van der Waals surface area contributed by atoms with Crippen molar-refractivity contribution in [3.8, 4) is 0 Å². The monoisotopic (exact) mass is 387 g/mol. The van der Waals surface area contributed by atoms with Crippen molar-refractivity contribution < 1.29 is 14.8 Å². The van der Waals surface area contributed by atoms with E-state index in [9.17, 15) is 9.59 Å². The van der Waals surface area contributed by atoms with Gasteiger partial charge in [-0.15, -0.1) is 0 Å². The molecule has 2 aromatic rings. The highest BCUT2D eigenvalue weighted by Gasteiger charge is 2.16. The lowest BCUT2D eigenvalue weighted by molar-refractivity contribution is -0.132. The molecule has 0 bridgehead atoms. The van der Waals surface area contributed by atoms with Crippen LogP contribution in [0.2, 0.25) is 0 Å². The summed E-state index contributed by atoms with van der Waals surface area (Å²) < 4.78 is 0. The second-order valence-corrected chi connectivity index (χ2v) is 7.39. The van der Waals surface area contributed by atoms with E-state index in [1.807, 2.05) is 17.0 Å². The van der Waals surface area contributed by atoms with Gasteiger partial charge in [0.2, 0.25) is 11.8 Å². The topological polar surface area (TPSA) is 85.4 Å². The summed E-state index contributed by atoms with van der Waals surface area (Å²) in [7, 11) is 0. The maximum absolute atomic E-state index is 12.8. The van der Waals surface area contributed by atoms with Gasteiger partial charge in [0, 0.05) is 36.0 Å². The second kappa shape index (κ2) is 11.5. The number of carbonyl (C=O) groups excluding carboxylic acids is 2. The number of aromatic nitrogens is 1. The van der Waals surface area contributed by atoms with Crippen molar-refractivity contribution in [1.82, 2.24) is 15.4 Å². The molecule has 0 aliphatic carbocycles. The summed E-state index contributed by atoms with van der Waals surface area (Å²) >= 11 is 0. The van der Waals surface area contributed by atoms with Crippen LogP contribution >= 0.6 is 0 Å². The Kier molecular flexibility index (Phi) is 9.01. The van der Waals surface area contributed by atoms with Crippen molar-refractivity contribution in [2.24, 2.45) is 0 Å². The Morgan fingerprint density at radius 3 is 2.46 bits per heavy atom. The van der Waals surface area contributed by atoms with Gasteiger partial charge in [0.05, 0.1) is 6.54 Å². The fourth-order valence-corrected chi connectivity index (χ4v) is 3.46. The second-order valence-electron chi connectivity index (χ2n) is 7.39. The first-order chi connectivity index (χ1) is 13.6. The van der Waals surface area contributed by atoms with E-state index in [2.05, 4.69) is 31.0 Å². The molecule has 0 radical (unpaired) electrons. The van der Waals surface area contributed by atoms with E-state index in [0.717, 1.165) is 56.3 Å². The summed E-state index contributed by atoms with van der Waals surface area (Å²) in [6.45, 7) is 5.65. The van der Waals surface area contributed by atoms with Crippen LogP contribution in [-0.2, 0) is 16.1 Å². The van der Waals surface area contributed by atoms with Gasteiger partial charge < -0.3 is 9.88 Å². The van der Waals surface area contributed by atoms with E-state index in [1.54, 1.807) is 5.48 Å². The quantitative estimate of drug-likeness (QED) is 0.286. The highest BCUT2D eigenvalue weighted by Crippen LogP contribution is 2.23. The zero-order chi connectivity index (χ0) is 20.4. The highest BCUT2D eigenvalue weighted by atomic mass is 16.5. The van der Waals surface area contributed by atoms with Gasteiger partial charge in [-0.1, -0.05) is 44.4 Å². The van der Waals surface area contributed by atoms with Crippen molar-refractivity contribution >= 4 is 22.7 Å². The zero-order valence-electron chi connectivity index (χ0n) is 17.1. The van der Waals surface area contributed by atoms with E-state index in [1.165, 1.54) is 10.9 Å². The van der Waals surface area contributed by atoms with Crippen LogP contribution in [0.25, 0.3) is 10.9 Å². The van der Waals surface area contributed by atoms with Gasteiger partial charge in [-0.25, -0.2) is 5.48 Å². The number of benzene rings is 1. The maximum Gasteiger partial charge on any atom is 0.243 e. The molecule has 0 saturated carbocycles. The highest BCUT2D eigenvalue weighted by molar-refractivity contribution is 5.84. The molecule has 0 unspecified atom stereocenters. The fourth-order valence-electron chi connectivity index (χ4n) is 3.46. The number of hydrogen-bond donors (Lipinski definition) is 3. The zero-order valence-corrected chi connectivity index (χ0v) is 17.1. The average Bonchev–Trinajstić information content (AvgIpc) is 3.03. The van der Waals surface area contributed by atoms with Crippen molar-refractivity contribution in [3.63, 3.8) is 0 Å². The fraction of sp³-hybridized carbons (Fsp3) is 0.545. The summed E-state index contributed by atoms with van der Waals surface area (Å²) in [5.41, 5.74) is 5.09. The minimum absolute atomic E-state index is 0.194. The lowest BCUT2D eigenvalue weighted by Gasteiger charge is -2.22. The first-order valence-electron chi connectivity index (χ1n) is 10.3. The number of fused-ring (bicyclic) bond motifs is 1. The number of carbonyl (C=O) groups is 2. The average molecular weight is 388 g/mol. The van der Waals surface area contributed by atoms with Gasteiger partial charge in [-0.3, -0.25) is 14.8 Å². The summed E-state index contributed by atoms with van der Waals surface area (Å²) in [5.74, 6) is -0.157. The van der Waals surface area contributed by atoms with Gasteiger partial charge in [0.15, 0.2) is 0 Å². The van der Waals surface area contributed by atoms with E-state index in [-0.39, 0.29) is 11.8 Å². The van der Waals surface area contributed by atoms with Crippen LogP contribution < -0.4 is 5.48 Å². The number of nitrogens with one attached hydrogen (secondary N) is 2. The third-order valence-corrected chi connectivity index (χ3v) is 5.22. The van der Waals surface area contributed by atoms with Gasteiger partial charge in [0.1, 0.15) is 0 Å². The molecule has 1 heterocycles. The van der Waals surface area contributed by atoms with E-state index < -0.39 is 0 Å². The number of hydrogen-bond acceptors (Lipinski definition) is 3. The van der Waals surface area contributed by atoms with Gasteiger partial charge >= 0.3 is 0 Å². The summed E-state index contributed by atoms with van der Waals surface area (Å²) in [6, 6.07) is 8.24. The predicted octanol–water partition coefficient (Wildman–Crippen LogP) is 4.45. The number of para-hydroxylation sites is 1. The third-order valence-electron chi connectivity index (χ3n) is 5.22. The van der Waals surface area contributed by atoms with E-state index in [0.29, 0.717) is 19.4 Å². The number of H-pyrrole nitrogens is 1. The number of amides is 2. The number of aryl methyl sites for hydroxylation is 1. The maximum atomic E-state index is 12.8. The van der Waals surface area contributed by atoms with Gasteiger partial charge in [0.25, 0.3) is 0 Å². The van der Waals surface area contributed by atoms with Crippen molar-refractivity contribution in [3.05, 3.63) is 35.5 Å². The Morgan fingerprint density at radius 1 is 1.07 bits per heavy atom. The lowest BCUT2D eigenvalue weighted by Crippen LogP contribution is -2.31. The van der Waals surface area contributed by atoms with Crippen LogP contribution in [-0.4, -0.2) is 33.5 Å². The molecule has 0 aliphatic rings. The molecule has 0 aliphatic heterocycles. The number of nitrogens with zero attached hydrogens (tertiary/aromatic N) is 1. The SMILES string of the molecule is CCCCN(Cc1[nH]c2ccccc2c1C)C(=O)CCCCCCC(=O)NO. The Labute approximate surface area is 167 Å². The lowest BCUT2D eigenvalue weighted by atomic mass is 10.1. The van der Waals surface area contributed by atoms with Crippen molar-refractivity contribution in [2.75, 3.05) is 6.54 Å². The molecular formula is C22H33N3O3. The smallest absolute Gasteiger partial charge is 0.243 e. The third kappa shape index (κ3) is 6.37.